The molecule has 0 spiro atoms. The van der Waals surface area contributed by atoms with Crippen molar-refractivity contribution in [3.05, 3.63) is 103 Å². The number of nitrogens with zero attached hydrogens (tertiary/aromatic N) is 1. The van der Waals surface area contributed by atoms with Crippen LogP contribution in [0.25, 0.3) is 10.8 Å². The first-order chi connectivity index (χ1) is 14.8. The molecule has 148 valence electrons. The van der Waals surface area contributed by atoms with Crippen LogP contribution in [0.15, 0.2) is 97.1 Å². The van der Waals surface area contributed by atoms with E-state index in [1.807, 2.05) is 84.9 Å². The zero-order valence-corrected chi connectivity index (χ0v) is 16.4. The van der Waals surface area contributed by atoms with E-state index in [4.69, 9.17) is 9.47 Å². The molecule has 5 rings (SSSR count). The molecule has 4 nitrogen and oxygen atoms in total. The molecule has 4 aromatic rings. The van der Waals surface area contributed by atoms with E-state index in [2.05, 4.69) is 12.1 Å². The number of anilines is 2. The second-order valence-corrected chi connectivity index (χ2v) is 7.24. The lowest BCUT2D eigenvalue weighted by Gasteiger charge is -2.25. The smallest absolute Gasteiger partial charge is 0.266 e. The van der Waals surface area contributed by atoms with E-state index in [-0.39, 0.29) is 12.0 Å². The summed E-state index contributed by atoms with van der Waals surface area (Å²) in [6, 6.07) is 31.2. The van der Waals surface area contributed by atoms with Gasteiger partial charge < -0.3 is 9.47 Å². The highest BCUT2D eigenvalue weighted by Gasteiger charge is 2.27. The number of rotatable bonds is 6. The van der Waals surface area contributed by atoms with Gasteiger partial charge in [0.25, 0.3) is 5.91 Å². The fourth-order valence-corrected chi connectivity index (χ4v) is 3.58. The minimum atomic E-state index is -0.134. The number of hydrogen-bond donors (Lipinski definition) is 0. The second-order valence-electron chi connectivity index (χ2n) is 7.24. The number of hydrogen-bond acceptors (Lipinski definition) is 3. The van der Waals surface area contributed by atoms with Crippen molar-refractivity contribution in [2.75, 3.05) is 18.1 Å². The highest BCUT2D eigenvalue weighted by Crippen LogP contribution is 2.35. The predicted octanol–water partition coefficient (Wildman–Crippen LogP) is 5.60. The van der Waals surface area contributed by atoms with Crippen LogP contribution in [0.1, 0.15) is 10.4 Å². The molecule has 4 aromatic carbocycles. The van der Waals surface area contributed by atoms with E-state index in [0.717, 1.165) is 22.1 Å². The van der Waals surface area contributed by atoms with Gasteiger partial charge in [-0.1, -0.05) is 66.7 Å². The number of ether oxygens (including phenoxy) is 2. The maximum atomic E-state index is 13.9. The summed E-state index contributed by atoms with van der Waals surface area (Å²) >= 11 is 0. The Balaban J connectivity index is 1.62. The van der Waals surface area contributed by atoms with Crippen LogP contribution >= 0.6 is 0 Å². The van der Waals surface area contributed by atoms with Crippen molar-refractivity contribution in [1.82, 2.24) is 0 Å². The van der Waals surface area contributed by atoms with Crippen LogP contribution in [0, 0.1) is 0 Å². The Bertz CT molecular complexity index is 1180. The summed E-state index contributed by atoms with van der Waals surface area (Å²) in [4.78, 5) is 15.6. The number of amides is 1. The third-order valence-electron chi connectivity index (χ3n) is 5.17. The average Bonchev–Trinajstić information content (AvgIpc) is 3.63. The highest BCUT2D eigenvalue weighted by atomic mass is 16.6. The van der Waals surface area contributed by atoms with Crippen molar-refractivity contribution in [3.63, 3.8) is 0 Å². The topological polar surface area (TPSA) is 42.1 Å². The first kappa shape index (κ1) is 18.4. The summed E-state index contributed by atoms with van der Waals surface area (Å²) in [5.74, 6) is 0.434. The lowest BCUT2D eigenvalue weighted by atomic mass is 10.1. The molecule has 1 heterocycles. The SMILES string of the molecule is O=C(c1ccccc1OCC1CO1)N(c1ccccc1)c1cccc2ccccc12. The van der Waals surface area contributed by atoms with Gasteiger partial charge in [-0.15, -0.1) is 0 Å². The lowest BCUT2D eigenvalue weighted by molar-refractivity contribution is 0.0995. The van der Waals surface area contributed by atoms with Crippen LogP contribution in [0.2, 0.25) is 0 Å². The maximum Gasteiger partial charge on any atom is 0.266 e. The normalized spacial score (nSPS) is 15.0. The van der Waals surface area contributed by atoms with Gasteiger partial charge in [0, 0.05) is 11.1 Å². The summed E-state index contributed by atoms with van der Waals surface area (Å²) in [6.07, 6.45) is 0.122. The molecule has 0 aliphatic carbocycles. The maximum absolute atomic E-state index is 13.9. The summed E-state index contributed by atoms with van der Waals surface area (Å²) < 4.78 is 11.2. The molecule has 30 heavy (non-hydrogen) atoms. The molecule has 1 saturated heterocycles. The molecule has 0 saturated carbocycles. The first-order valence-corrected chi connectivity index (χ1v) is 10.0. The summed E-state index contributed by atoms with van der Waals surface area (Å²) in [5.41, 5.74) is 2.17. The predicted molar refractivity (Wildman–Crippen MR) is 119 cm³/mol. The first-order valence-electron chi connectivity index (χ1n) is 10.0. The Morgan fingerprint density at radius 3 is 2.40 bits per heavy atom. The number of carbonyl (C=O) groups excluding carboxylic acids is 1. The second kappa shape index (κ2) is 8.01. The Hall–Kier alpha value is -3.63. The molecule has 1 aliphatic heterocycles. The molecule has 1 unspecified atom stereocenters. The van der Waals surface area contributed by atoms with Gasteiger partial charge >= 0.3 is 0 Å². The van der Waals surface area contributed by atoms with Crippen LogP contribution in [0.5, 0.6) is 5.75 Å². The van der Waals surface area contributed by atoms with Crippen molar-refractivity contribution >= 4 is 28.1 Å². The van der Waals surface area contributed by atoms with Gasteiger partial charge in [-0.3, -0.25) is 9.69 Å². The number of benzene rings is 4. The molecule has 1 atom stereocenters. The van der Waals surface area contributed by atoms with Gasteiger partial charge in [-0.2, -0.15) is 0 Å². The number of carbonyl (C=O) groups is 1. The fraction of sp³-hybridized carbons (Fsp3) is 0.115. The Morgan fingerprint density at radius 2 is 1.57 bits per heavy atom. The van der Waals surface area contributed by atoms with Gasteiger partial charge in [0.15, 0.2) is 0 Å². The van der Waals surface area contributed by atoms with Crippen molar-refractivity contribution in [3.8, 4) is 5.75 Å². The number of fused-ring (bicyclic) bond motifs is 1. The van der Waals surface area contributed by atoms with Gasteiger partial charge in [-0.05, 0) is 35.7 Å². The van der Waals surface area contributed by atoms with E-state index < -0.39 is 0 Å². The Labute approximate surface area is 175 Å². The van der Waals surface area contributed by atoms with Crippen molar-refractivity contribution in [2.45, 2.75) is 6.10 Å². The van der Waals surface area contributed by atoms with Gasteiger partial charge in [0.1, 0.15) is 18.5 Å². The summed E-state index contributed by atoms with van der Waals surface area (Å²) in [6.45, 7) is 1.16. The van der Waals surface area contributed by atoms with E-state index >= 15 is 0 Å². The molecule has 1 fully saturated rings. The van der Waals surface area contributed by atoms with Gasteiger partial charge in [-0.25, -0.2) is 0 Å². The molecule has 4 heteroatoms. The van der Waals surface area contributed by atoms with Crippen molar-refractivity contribution < 1.29 is 14.3 Å². The van der Waals surface area contributed by atoms with Crippen LogP contribution in [-0.2, 0) is 4.74 Å². The van der Waals surface area contributed by atoms with Crippen LogP contribution < -0.4 is 9.64 Å². The molecule has 0 aromatic heterocycles. The largest absolute Gasteiger partial charge is 0.490 e. The molecule has 1 amide bonds. The standard InChI is InChI=1S/C26H21NO3/c28-26(23-14-6-7-16-25(23)30-18-21-17-29-21)27(20-11-2-1-3-12-20)24-15-8-10-19-9-4-5-13-22(19)24/h1-16,21H,17-18H2. The zero-order chi connectivity index (χ0) is 20.3. The van der Waals surface area contributed by atoms with Crippen LogP contribution in [0.3, 0.4) is 0 Å². The van der Waals surface area contributed by atoms with Crippen LogP contribution in [0.4, 0.5) is 11.4 Å². The minimum absolute atomic E-state index is 0.122. The Kier molecular flexibility index (Phi) is 4.91. The van der Waals surface area contributed by atoms with Gasteiger partial charge in [0.2, 0.25) is 0 Å². The third kappa shape index (κ3) is 3.65. The number of epoxide rings is 1. The minimum Gasteiger partial charge on any atom is -0.490 e. The molecular weight excluding hydrogens is 374 g/mol. The molecular formula is C26H21NO3. The van der Waals surface area contributed by atoms with Crippen molar-refractivity contribution in [2.24, 2.45) is 0 Å². The Morgan fingerprint density at radius 1 is 0.867 bits per heavy atom. The molecule has 1 aliphatic rings. The molecule has 0 radical (unpaired) electrons. The monoisotopic (exact) mass is 395 g/mol. The number of para-hydroxylation sites is 2. The third-order valence-corrected chi connectivity index (χ3v) is 5.17. The fourth-order valence-electron chi connectivity index (χ4n) is 3.58. The zero-order valence-electron chi connectivity index (χ0n) is 16.4. The van der Waals surface area contributed by atoms with Crippen molar-refractivity contribution in [1.29, 1.82) is 0 Å². The highest BCUT2D eigenvalue weighted by molar-refractivity contribution is 6.16. The van der Waals surface area contributed by atoms with E-state index in [9.17, 15) is 4.79 Å². The van der Waals surface area contributed by atoms with Crippen LogP contribution in [-0.4, -0.2) is 25.2 Å². The average molecular weight is 395 g/mol. The molecule has 0 N–H and O–H groups in total. The lowest BCUT2D eigenvalue weighted by Crippen LogP contribution is -2.27. The van der Waals surface area contributed by atoms with E-state index in [1.165, 1.54) is 0 Å². The van der Waals surface area contributed by atoms with Gasteiger partial charge in [0.05, 0.1) is 17.9 Å². The quantitative estimate of drug-likeness (QED) is 0.399. The van der Waals surface area contributed by atoms with E-state index in [1.54, 1.807) is 4.90 Å². The van der Waals surface area contributed by atoms with E-state index in [0.29, 0.717) is 24.5 Å². The summed E-state index contributed by atoms with van der Waals surface area (Å²) in [5, 5.41) is 2.10. The summed E-state index contributed by atoms with van der Waals surface area (Å²) in [7, 11) is 0. The molecule has 0 bridgehead atoms.